The molecule has 39 heavy (non-hydrogen) atoms. The molecule has 0 radical (unpaired) electrons. The van der Waals surface area contributed by atoms with Crippen molar-refractivity contribution < 1.29 is 23.1 Å². The lowest BCUT2D eigenvalue weighted by Gasteiger charge is -2.43. The highest BCUT2D eigenvalue weighted by molar-refractivity contribution is 6.31. The smallest absolute Gasteiger partial charge is 0.282 e. The van der Waals surface area contributed by atoms with Crippen LogP contribution in [0.2, 0.25) is 5.02 Å². The van der Waals surface area contributed by atoms with E-state index >= 15 is 0 Å². The third-order valence-electron chi connectivity index (χ3n) is 8.76. The first-order chi connectivity index (χ1) is 18.7. The summed E-state index contributed by atoms with van der Waals surface area (Å²) in [7, 11) is 1.42. The summed E-state index contributed by atoms with van der Waals surface area (Å²) in [4.78, 5) is 30.8. The fourth-order valence-corrected chi connectivity index (χ4v) is 6.72. The standard InChI is InChI=1S/C28H36ClF2N5O3/c1-16-6-4-5-7-18(16)28(38)36-13-11-19-20(29)8-9-23(39-15-21-25(26(30)31)34(3)33-32-21)24(19)22(36)14-35-12-10-17(2)27(35)37/h8-9,16-18,22,26H,4-7,10-15H2,1-3H3/t16-,17+,18+,22+/m0/s1. The van der Waals surface area contributed by atoms with Crippen LogP contribution in [0.5, 0.6) is 5.75 Å². The number of likely N-dealkylation sites (tertiary alicyclic amines) is 1. The van der Waals surface area contributed by atoms with Gasteiger partial charge in [-0.25, -0.2) is 13.5 Å². The lowest BCUT2D eigenvalue weighted by atomic mass is 9.78. The summed E-state index contributed by atoms with van der Waals surface area (Å²) in [5, 5.41) is 8.18. The maximum absolute atomic E-state index is 14.0. The molecular formula is C28H36ClF2N5O3. The first-order valence-corrected chi connectivity index (χ1v) is 14.2. The minimum atomic E-state index is -2.75. The van der Waals surface area contributed by atoms with Gasteiger partial charge in [-0.3, -0.25) is 9.59 Å². The Morgan fingerprint density at radius 3 is 2.64 bits per heavy atom. The van der Waals surface area contributed by atoms with Gasteiger partial charge < -0.3 is 14.5 Å². The van der Waals surface area contributed by atoms with Gasteiger partial charge in [-0.15, -0.1) is 5.10 Å². The van der Waals surface area contributed by atoms with Crippen LogP contribution in [0.25, 0.3) is 0 Å². The monoisotopic (exact) mass is 563 g/mol. The molecule has 3 aliphatic rings. The molecule has 212 valence electrons. The third kappa shape index (κ3) is 5.36. The molecule has 5 rings (SSSR count). The van der Waals surface area contributed by atoms with E-state index in [1.807, 2.05) is 16.7 Å². The molecule has 1 saturated heterocycles. The molecule has 0 unspecified atom stereocenters. The van der Waals surface area contributed by atoms with Crippen molar-refractivity contribution in [2.45, 2.75) is 71.4 Å². The predicted molar refractivity (Wildman–Crippen MR) is 141 cm³/mol. The molecule has 0 N–H and O–H groups in total. The predicted octanol–water partition coefficient (Wildman–Crippen LogP) is 5.11. The summed E-state index contributed by atoms with van der Waals surface area (Å²) < 4.78 is 34.4. The summed E-state index contributed by atoms with van der Waals surface area (Å²) in [5.74, 6) is 0.812. The number of hydrogen-bond acceptors (Lipinski definition) is 5. The normalized spacial score (nSPS) is 25.4. The van der Waals surface area contributed by atoms with Gasteiger partial charge >= 0.3 is 0 Å². The Bertz CT molecular complexity index is 1240. The quantitative estimate of drug-likeness (QED) is 0.468. The number of aromatic nitrogens is 3. The lowest BCUT2D eigenvalue weighted by Crippen LogP contribution is -2.49. The second kappa shape index (κ2) is 11.4. The van der Waals surface area contributed by atoms with Crippen LogP contribution >= 0.6 is 11.6 Å². The molecule has 1 aromatic heterocycles. The molecule has 1 saturated carbocycles. The van der Waals surface area contributed by atoms with Gasteiger partial charge in [0.05, 0.1) is 6.04 Å². The summed E-state index contributed by atoms with van der Waals surface area (Å²) in [6, 6.07) is 3.01. The average Bonchev–Trinajstić information content (AvgIpc) is 3.44. The molecule has 2 amide bonds. The number of amides is 2. The highest BCUT2D eigenvalue weighted by Gasteiger charge is 2.41. The SMILES string of the molecule is C[C@@H]1CCN(C[C@@H]2c3c(OCc4nnn(C)c4C(F)F)ccc(Cl)c3CCN2C(=O)[C@@H]2CCCC[C@@H]2C)C1=O. The molecule has 8 nitrogen and oxygen atoms in total. The van der Waals surface area contributed by atoms with Crippen molar-refractivity contribution in [2.24, 2.45) is 24.8 Å². The molecular weight excluding hydrogens is 528 g/mol. The fraction of sp³-hybridized carbons (Fsp3) is 0.643. The Morgan fingerprint density at radius 2 is 1.95 bits per heavy atom. The Balaban J connectivity index is 1.51. The van der Waals surface area contributed by atoms with Crippen LogP contribution in [0, 0.1) is 17.8 Å². The third-order valence-corrected chi connectivity index (χ3v) is 9.11. The van der Waals surface area contributed by atoms with Gasteiger partial charge in [0.1, 0.15) is 23.7 Å². The minimum Gasteiger partial charge on any atom is -0.487 e. The van der Waals surface area contributed by atoms with E-state index in [1.54, 1.807) is 12.1 Å². The molecule has 1 aromatic carbocycles. The van der Waals surface area contributed by atoms with Crippen LogP contribution in [0.3, 0.4) is 0 Å². The summed E-state index contributed by atoms with van der Waals surface area (Å²) in [6.45, 7) is 5.33. The minimum absolute atomic E-state index is 0.0519. The van der Waals surface area contributed by atoms with E-state index in [2.05, 4.69) is 17.2 Å². The molecule has 2 aromatic rings. The van der Waals surface area contributed by atoms with Crippen molar-refractivity contribution in [1.82, 2.24) is 24.8 Å². The summed E-state index contributed by atoms with van der Waals surface area (Å²) in [5.41, 5.74) is 1.37. The topological polar surface area (TPSA) is 80.6 Å². The van der Waals surface area contributed by atoms with E-state index in [-0.39, 0.29) is 41.6 Å². The van der Waals surface area contributed by atoms with Crippen LogP contribution in [0.4, 0.5) is 8.78 Å². The number of hydrogen-bond donors (Lipinski definition) is 0. The largest absolute Gasteiger partial charge is 0.487 e. The highest BCUT2D eigenvalue weighted by atomic mass is 35.5. The van der Waals surface area contributed by atoms with Crippen molar-refractivity contribution in [2.75, 3.05) is 19.6 Å². The van der Waals surface area contributed by atoms with E-state index in [0.29, 0.717) is 42.7 Å². The van der Waals surface area contributed by atoms with Gasteiger partial charge in [0.2, 0.25) is 11.8 Å². The number of carbonyl (C=O) groups is 2. The number of aryl methyl sites for hydroxylation is 1. The van der Waals surface area contributed by atoms with Gasteiger partial charge in [0.15, 0.2) is 0 Å². The first kappa shape index (κ1) is 27.8. The molecule has 0 spiro atoms. The first-order valence-electron chi connectivity index (χ1n) is 13.9. The average molecular weight is 564 g/mol. The highest BCUT2D eigenvalue weighted by Crippen LogP contribution is 2.43. The maximum atomic E-state index is 14.0. The number of fused-ring (bicyclic) bond motifs is 1. The van der Waals surface area contributed by atoms with E-state index in [4.69, 9.17) is 16.3 Å². The van der Waals surface area contributed by atoms with Gasteiger partial charge in [0.25, 0.3) is 6.43 Å². The molecule has 3 heterocycles. The summed E-state index contributed by atoms with van der Waals surface area (Å²) >= 11 is 6.67. The zero-order valence-electron chi connectivity index (χ0n) is 22.7. The van der Waals surface area contributed by atoms with Gasteiger partial charge in [-0.1, -0.05) is 43.5 Å². The molecule has 2 fully saturated rings. The van der Waals surface area contributed by atoms with E-state index in [0.717, 1.165) is 47.9 Å². The molecule has 4 atom stereocenters. The number of ether oxygens (including phenoxy) is 1. The number of benzene rings is 1. The van der Waals surface area contributed by atoms with E-state index < -0.39 is 12.5 Å². The molecule has 11 heteroatoms. The Hall–Kier alpha value is -2.75. The van der Waals surface area contributed by atoms with Crippen LogP contribution in [0.1, 0.15) is 80.9 Å². The van der Waals surface area contributed by atoms with Crippen molar-refractivity contribution in [3.8, 4) is 5.75 Å². The molecule has 0 bridgehead atoms. The number of nitrogens with zero attached hydrogens (tertiary/aromatic N) is 5. The van der Waals surface area contributed by atoms with Crippen LogP contribution < -0.4 is 4.74 Å². The van der Waals surface area contributed by atoms with E-state index in [9.17, 15) is 18.4 Å². The second-order valence-corrected chi connectivity index (χ2v) is 11.6. The number of halogens is 3. The van der Waals surface area contributed by atoms with Crippen molar-refractivity contribution in [1.29, 1.82) is 0 Å². The number of rotatable bonds is 7. The zero-order valence-corrected chi connectivity index (χ0v) is 23.5. The van der Waals surface area contributed by atoms with Crippen LogP contribution in [-0.4, -0.2) is 56.2 Å². The number of carbonyl (C=O) groups excluding carboxylic acids is 2. The zero-order chi connectivity index (χ0) is 27.8. The Kier molecular flexibility index (Phi) is 8.12. The summed E-state index contributed by atoms with van der Waals surface area (Å²) in [6.07, 6.45) is 2.62. The van der Waals surface area contributed by atoms with Crippen molar-refractivity contribution in [3.05, 3.63) is 39.7 Å². The molecule has 2 aliphatic heterocycles. The lowest BCUT2D eigenvalue weighted by molar-refractivity contribution is -0.143. The maximum Gasteiger partial charge on any atom is 0.282 e. The van der Waals surface area contributed by atoms with Crippen molar-refractivity contribution in [3.63, 3.8) is 0 Å². The Labute approximate surface area is 232 Å². The van der Waals surface area contributed by atoms with Crippen LogP contribution in [0.15, 0.2) is 12.1 Å². The van der Waals surface area contributed by atoms with Gasteiger partial charge in [-0.05, 0) is 49.3 Å². The molecule has 1 aliphatic carbocycles. The van der Waals surface area contributed by atoms with Gasteiger partial charge in [0, 0.05) is 49.1 Å². The van der Waals surface area contributed by atoms with Crippen LogP contribution in [-0.2, 0) is 29.7 Å². The fourth-order valence-electron chi connectivity index (χ4n) is 6.46. The Morgan fingerprint density at radius 1 is 1.18 bits per heavy atom. The van der Waals surface area contributed by atoms with Crippen molar-refractivity contribution >= 4 is 23.4 Å². The number of alkyl halides is 2. The second-order valence-electron chi connectivity index (χ2n) is 11.2. The van der Waals surface area contributed by atoms with Gasteiger partial charge in [-0.2, -0.15) is 0 Å². The van der Waals surface area contributed by atoms with E-state index in [1.165, 1.54) is 7.05 Å².